The number of carbonyl (C=O) groups is 1. The first-order chi connectivity index (χ1) is 11.6. The zero-order valence-corrected chi connectivity index (χ0v) is 15.4. The van der Waals surface area contributed by atoms with Crippen molar-refractivity contribution < 1.29 is 4.79 Å². The molecular formula is C19H25N3OS. The first kappa shape index (κ1) is 17.1. The third kappa shape index (κ3) is 3.51. The molecule has 2 unspecified atom stereocenters. The summed E-state index contributed by atoms with van der Waals surface area (Å²) in [5, 5.41) is 0.888. The summed E-state index contributed by atoms with van der Waals surface area (Å²) in [7, 11) is 2.01. The van der Waals surface area contributed by atoms with Crippen LogP contribution in [0.5, 0.6) is 0 Å². The highest BCUT2D eigenvalue weighted by atomic mass is 32.2. The van der Waals surface area contributed by atoms with Crippen molar-refractivity contribution in [2.75, 3.05) is 5.75 Å². The molecule has 2 aromatic rings. The second-order valence-corrected chi connectivity index (χ2v) is 7.51. The second kappa shape index (κ2) is 7.43. The molecule has 2 atom stereocenters. The molecule has 1 amide bonds. The second-order valence-electron chi connectivity index (χ2n) is 6.57. The number of hydrogen-bond acceptors (Lipinski definition) is 3. The van der Waals surface area contributed by atoms with Gasteiger partial charge in [0.15, 0.2) is 5.16 Å². The number of thioether (sulfide) groups is 1. The molecular weight excluding hydrogens is 318 g/mol. The van der Waals surface area contributed by atoms with Crippen molar-refractivity contribution >= 4 is 17.7 Å². The number of carbonyl (C=O) groups excluding carboxylic acids is 1. The summed E-state index contributed by atoms with van der Waals surface area (Å²) >= 11 is 1.53. The SMILES string of the molecule is CC1CCCC(C)N1C(=O)CSc1ncc(-c2ccccc2)n1C. The topological polar surface area (TPSA) is 38.1 Å². The highest BCUT2D eigenvalue weighted by molar-refractivity contribution is 7.99. The maximum atomic E-state index is 12.6. The van der Waals surface area contributed by atoms with E-state index in [1.165, 1.54) is 18.2 Å². The molecule has 1 fully saturated rings. The van der Waals surface area contributed by atoms with Crippen LogP contribution in [0.4, 0.5) is 0 Å². The van der Waals surface area contributed by atoms with Gasteiger partial charge in [-0.1, -0.05) is 42.1 Å². The summed E-state index contributed by atoms with van der Waals surface area (Å²) in [6.07, 6.45) is 5.33. The maximum absolute atomic E-state index is 12.6. The quantitative estimate of drug-likeness (QED) is 0.789. The van der Waals surface area contributed by atoms with Crippen LogP contribution in [-0.2, 0) is 11.8 Å². The molecule has 3 rings (SSSR count). The van der Waals surface area contributed by atoms with E-state index < -0.39 is 0 Å². The summed E-state index contributed by atoms with van der Waals surface area (Å²) in [5.41, 5.74) is 2.22. The van der Waals surface area contributed by atoms with Crippen LogP contribution in [0, 0.1) is 0 Å². The average Bonchev–Trinajstić information content (AvgIpc) is 2.94. The molecule has 4 nitrogen and oxygen atoms in total. The first-order valence-corrected chi connectivity index (χ1v) is 9.57. The Morgan fingerprint density at radius 2 is 1.88 bits per heavy atom. The minimum atomic E-state index is 0.226. The van der Waals surface area contributed by atoms with Crippen LogP contribution in [0.3, 0.4) is 0 Å². The number of rotatable bonds is 4. The highest BCUT2D eigenvalue weighted by Gasteiger charge is 2.28. The molecule has 1 saturated heterocycles. The number of benzene rings is 1. The molecule has 0 bridgehead atoms. The van der Waals surface area contributed by atoms with Crippen LogP contribution in [0.25, 0.3) is 11.3 Å². The Morgan fingerprint density at radius 1 is 1.21 bits per heavy atom. The van der Waals surface area contributed by atoms with Gasteiger partial charge in [-0.3, -0.25) is 4.79 Å². The lowest BCUT2D eigenvalue weighted by molar-refractivity contribution is -0.134. The van der Waals surface area contributed by atoms with E-state index in [4.69, 9.17) is 0 Å². The fourth-order valence-corrected chi connectivity index (χ4v) is 4.34. The number of aromatic nitrogens is 2. The molecule has 2 heterocycles. The number of imidazole rings is 1. The van der Waals surface area contributed by atoms with E-state index >= 15 is 0 Å². The zero-order chi connectivity index (χ0) is 17.1. The van der Waals surface area contributed by atoms with Crippen molar-refractivity contribution in [1.29, 1.82) is 0 Å². The van der Waals surface area contributed by atoms with Crippen LogP contribution in [0.1, 0.15) is 33.1 Å². The number of hydrogen-bond donors (Lipinski definition) is 0. The number of amides is 1. The Bertz CT molecular complexity index is 688. The lowest BCUT2D eigenvalue weighted by atomic mass is 9.98. The molecule has 1 aromatic heterocycles. The fraction of sp³-hybridized carbons (Fsp3) is 0.474. The van der Waals surface area contributed by atoms with Crippen molar-refractivity contribution in [3.05, 3.63) is 36.5 Å². The van der Waals surface area contributed by atoms with Gasteiger partial charge in [-0.25, -0.2) is 4.98 Å². The van der Waals surface area contributed by atoms with E-state index in [1.807, 2.05) is 31.4 Å². The highest BCUT2D eigenvalue weighted by Crippen LogP contribution is 2.27. The van der Waals surface area contributed by atoms with Crippen LogP contribution in [0.15, 0.2) is 41.7 Å². The predicted molar refractivity (Wildman–Crippen MR) is 99.0 cm³/mol. The summed E-state index contributed by atoms with van der Waals surface area (Å²) < 4.78 is 2.07. The van der Waals surface area contributed by atoms with Gasteiger partial charge in [0.2, 0.25) is 5.91 Å². The fourth-order valence-electron chi connectivity index (χ4n) is 3.52. The first-order valence-electron chi connectivity index (χ1n) is 8.59. The lowest BCUT2D eigenvalue weighted by Gasteiger charge is -2.39. The Hall–Kier alpha value is -1.75. The zero-order valence-electron chi connectivity index (χ0n) is 14.6. The van der Waals surface area contributed by atoms with E-state index in [9.17, 15) is 4.79 Å². The Balaban J connectivity index is 1.67. The van der Waals surface area contributed by atoms with Crippen molar-refractivity contribution in [2.45, 2.75) is 50.4 Å². The van der Waals surface area contributed by atoms with Crippen LogP contribution < -0.4 is 0 Å². The predicted octanol–water partition coefficient (Wildman–Crippen LogP) is 3.97. The van der Waals surface area contributed by atoms with Gasteiger partial charge in [0.1, 0.15) is 0 Å². The van der Waals surface area contributed by atoms with Gasteiger partial charge in [-0.15, -0.1) is 0 Å². The van der Waals surface area contributed by atoms with Crippen molar-refractivity contribution in [3.63, 3.8) is 0 Å². The molecule has 0 saturated carbocycles. The summed E-state index contributed by atoms with van der Waals surface area (Å²) in [4.78, 5) is 19.2. The molecule has 1 aliphatic heterocycles. The third-order valence-electron chi connectivity index (χ3n) is 4.82. The van der Waals surface area contributed by atoms with Gasteiger partial charge >= 0.3 is 0 Å². The summed E-state index contributed by atoms with van der Waals surface area (Å²) in [6.45, 7) is 4.32. The van der Waals surface area contributed by atoms with Gasteiger partial charge < -0.3 is 9.47 Å². The Morgan fingerprint density at radius 3 is 2.54 bits per heavy atom. The van der Waals surface area contributed by atoms with Crippen molar-refractivity contribution in [1.82, 2.24) is 14.5 Å². The lowest BCUT2D eigenvalue weighted by Crippen LogP contribution is -2.48. The monoisotopic (exact) mass is 343 g/mol. The number of piperidine rings is 1. The van der Waals surface area contributed by atoms with Crippen molar-refractivity contribution in [3.8, 4) is 11.3 Å². The van der Waals surface area contributed by atoms with Gasteiger partial charge in [-0.2, -0.15) is 0 Å². The van der Waals surface area contributed by atoms with Gasteiger partial charge in [0.25, 0.3) is 0 Å². The summed E-state index contributed by atoms with van der Waals surface area (Å²) in [6, 6.07) is 10.9. The maximum Gasteiger partial charge on any atom is 0.233 e. The molecule has 5 heteroatoms. The molecule has 128 valence electrons. The van der Waals surface area contributed by atoms with E-state index in [0.717, 1.165) is 29.3 Å². The van der Waals surface area contributed by atoms with Crippen molar-refractivity contribution in [2.24, 2.45) is 7.05 Å². The Labute approximate surface area is 148 Å². The average molecular weight is 343 g/mol. The molecule has 0 aliphatic carbocycles. The van der Waals surface area contributed by atoms with E-state index in [1.54, 1.807) is 0 Å². The van der Waals surface area contributed by atoms with Gasteiger partial charge in [-0.05, 0) is 38.7 Å². The number of nitrogens with zero attached hydrogens (tertiary/aromatic N) is 3. The molecule has 0 radical (unpaired) electrons. The molecule has 0 spiro atoms. The third-order valence-corrected chi connectivity index (χ3v) is 5.85. The number of likely N-dealkylation sites (tertiary alicyclic amines) is 1. The minimum Gasteiger partial charge on any atom is -0.337 e. The molecule has 24 heavy (non-hydrogen) atoms. The smallest absolute Gasteiger partial charge is 0.233 e. The van der Waals surface area contributed by atoms with Crippen LogP contribution in [0.2, 0.25) is 0 Å². The van der Waals surface area contributed by atoms with E-state index in [-0.39, 0.29) is 5.91 Å². The molecule has 1 aromatic carbocycles. The Kier molecular flexibility index (Phi) is 5.29. The van der Waals surface area contributed by atoms with Gasteiger partial charge in [0, 0.05) is 19.1 Å². The van der Waals surface area contributed by atoms with Crippen LogP contribution >= 0.6 is 11.8 Å². The van der Waals surface area contributed by atoms with E-state index in [0.29, 0.717) is 17.8 Å². The van der Waals surface area contributed by atoms with Crippen LogP contribution in [-0.4, -0.2) is 38.2 Å². The molecule has 0 N–H and O–H groups in total. The van der Waals surface area contributed by atoms with Gasteiger partial charge in [0.05, 0.1) is 17.6 Å². The van der Waals surface area contributed by atoms with E-state index in [2.05, 4.69) is 40.4 Å². The normalized spacial score (nSPS) is 21.0. The minimum absolute atomic E-state index is 0.226. The largest absolute Gasteiger partial charge is 0.337 e. The standard InChI is InChI=1S/C19H25N3OS/c1-14-8-7-9-15(2)22(14)18(23)13-24-19-20-12-17(21(19)3)16-10-5-4-6-11-16/h4-6,10-12,14-15H,7-9,13H2,1-3H3. The molecule has 1 aliphatic rings. The summed E-state index contributed by atoms with van der Waals surface area (Å²) in [5.74, 6) is 0.678.